The van der Waals surface area contributed by atoms with Crippen LogP contribution in [-0.4, -0.2) is 22.9 Å². The van der Waals surface area contributed by atoms with E-state index in [0.717, 1.165) is 36.4 Å². The number of allylic oxidation sites excluding steroid dienone is 1. The molecule has 0 N–H and O–H groups in total. The summed E-state index contributed by atoms with van der Waals surface area (Å²) in [6.45, 7) is 2.14. The summed E-state index contributed by atoms with van der Waals surface area (Å²) >= 11 is 0. The van der Waals surface area contributed by atoms with Crippen LogP contribution in [0.3, 0.4) is 0 Å². The molecule has 0 aliphatic heterocycles. The van der Waals surface area contributed by atoms with Gasteiger partial charge in [-0.25, -0.2) is 9.48 Å². The molecule has 0 saturated carbocycles. The van der Waals surface area contributed by atoms with Gasteiger partial charge in [-0.15, -0.1) is 0 Å². The van der Waals surface area contributed by atoms with Crippen LogP contribution in [0.1, 0.15) is 40.4 Å². The van der Waals surface area contributed by atoms with Gasteiger partial charge in [-0.05, 0) is 54.2 Å². The lowest BCUT2D eigenvalue weighted by molar-refractivity contribution is -0.137. The molecule has 4 nitrogen and oxygen atoms in total. The number of carbonyl (C=O) groups excluding carboxylic acids is 1. The number of aromatic nitrogens is 2. The van der Waals surface area contributed by atoms with Gasteiger partial charge in [0.1, 0.15) is 0 Å². The van der Waals surface area contributed by atoms with Gasteiger partial charge in [-0.1, -0.05) is 43.3 Å². The third kappa shape index (κ3) is 6.07. The van der Waals surface area contributed by atoms with E-state index < -0.39 is 11.7 Å². The lowest BCUT2D eigenvalue weighted by Crippen LogP contribution is -2.03. The first kappa shape index (κ1) is 22.3. The highest BCUT2D eigenvalue weighted by Crippen LogP contribution is 2.29. The first-order valence-electron chi connectivity index (χ1n) is 9.82. The van der Waals surface area contributed by atoms with Crippen LogP contribution in [0, 0.1) is 5.92 Å². The summed E-state index contributed by atoms with van der Waals surface area (Å²) in [6.07, 6.45) is 3.23. The summed E-state index contributed by atoms with van der Waals surface area (Å²) in [7, 11) is 1.35. The Hall–Kier alpha value is -3.35. The first-order valence-corrected chi connectivity index (χ1v) is 9.82. The largest absolute Gasteiger partial charge is 0.465 e. The fourth-order valence-electron chi connectivity index (χ4n) is 3.17. The van der Waals surface area contributed by atoms with E-state index in [-0.39, 0.29) is 5.97 Å². The molecule has 2 aromatic carbocycles. The molecule has 0 amide bonds. The van der Waals surface area contributed by atoms with Gasteiger partial charge < -0.3 is 4.74 Å². The number of alkyl halides is 3. The van der Waals surface area contributed by atoms with Crippen molar-refractivity contribution in [1.29, 1.82) is 0 Å². The van der Waals surface area contributed by atoms with Gasteiger partial charge in [0.2, 0.25) is 0 Å². The van der Waals surface area contributed by atoms with E-state index in [4.69, 9.17) is 0 Å². The second-order valence-electron chi connectivity index (χ2n) is 7.40. The molecule has 162 valence electrons. The third-order valence-corrected chi connectivity index (χ3v) is 4.88. The molecule has 1 heterocycles. The molecule has 0 spiro atoms. The maximum atomic E-state index is 12.7. The maximum Gasteiger partial charge on any atom is 0.419 e. The topological polar surface area (TPSA) is 44.1 Å². The van der Waals surface area contributed by atoms with Gasteiger partial charge in [0.05, 0.1) is 30.1 Å². The van der Waals surface area contributed by atoms with Gasteiger partial charge in [-0.2, -0.15) is 18.3 Å². The molecule has 31 heavy (non-hydrogen) atoms. The van der Waals surface area contributed by atoms with Crippen molar-refractivity contribution >= 4 is 12.0 Å². The van der Waals surface area contributed by atoms with Crippen LogP contribution in [0.2, 0.25) is 0 Å². The van der Waals surface area contributed by atoms with E-state index >= 15 is 0 Å². The SMILES string of the molecule is COC(=O)c1ccc(C=CCC(C)Cc2ccc(-n3cc(C(F)(F)F)cn3)cc2)cc1. The number of hydrogen-bond acceptors (Lipinski definition) is 3. The minimum absolute atomic E-state index is 0.358. The predicted octanol–water partition coefficient (Wildman–Crippen LogP) is 5.96. The van der Waals surface area contributed by atoms with Crippen LogP contribution >= 0.6 is 0 Å². The van der Waals surface area contributed by atoms with E-state index in [2.05, 4.69) is 22.8 Å². The minimum atomic E-state index is -4.40. The number of ether oxygens (including phenoxy) is 1. The fourth-order valence-corrected chi connectivity index (χ4v) is 3.17. The zero-order valence-corrected chi connectivity index (χ0v) is 17.3. The van der Waals surface area contributed by atoms with E-state index in [0.29, 0.717) is 17.2 Å². The maximum absolute atomic E-state index is 12.7. The van der Waals surface area contributed by atoms with Gasteiger partial charge in [0.25, 0.3) is 0 Å². The van der Waals surface area contributed by atoms with Crippen molar-refractivity contribution in [3.8, 4) is 5.69 Å². The number of carbonyl (C=O) groups is 1. The van der Waals surface area contributed by atoms with Crippen LogP contribution in [0.15, 0.2) is 67.0 Å². The second-order valence-corrected chi connectivity index (χ2v) is 7.40. The smallest absolute Gasteiger partial charge is 0.419 e. The molecule has 0 aliphatic carbocycles. The first-order chi connectivity index (χ1) is 14.8. The molecule has 0 saturated heterocycles. The Morgan fingerprint density at radius 2 is 1.81 bits per heavy atom. The standard InChI is InChI=1S/C24H23F3N2O2/c1-17(4-3-5-18-6-10-20(11-7-18)23(30)31-2)14-19-8-12-22(13-9-19)29-16-21(15-28-29)24(25,26)27/h3,5-13,15-17H,4,14H2,1-2H3. The molecule has 1 unspecified atom stereocenters. The Morgan fingerprint density at radius 3 is 2.39 bits per heavy atom. The van der Waals surface area contributed by atoms with Crippen molar-refractivity contribution < 1.29 is 22.7 Å². The molecule has 7 heteroatoms. The highest BCUT2D eigenvalue weighted by Gasteiger charge is 2.32. The normalized spacial score (nSPS) is 12.8. The molecule has 1 atom stereocenters. The summed E-state index contributed by atoms with van der Waals surface area (Å²) in [5, 5.41) is 3.79. The average Bonchev–Trinajstić information content (AvgIpc) is 3.25. The van der Waals surface area contributed by atoms with Gasteiger partial charge >= 0.3 is 12.1 Å². The Labute approximate surface area is 179 Å². The lowest BCUT2D eigenvalue weighted by Gasteiger charge is -2.10. The van der Waals surface area contributed by atoms with Gasteiger partial charge in [0, 0.05) is 6.20 Å². The number of hydrogen-bond donors (Lipinski definition) is 0. The summed E-state index contributed by atoms with van der Waals surface area (Å²) in [5.74, 6) is 0.0292. The van der Waals surface area contributed by atoms with Crippen molar-refractivity contribution in [2.45, 2.75) is 25.9 Å². The molecule has 3 aromatic rings. The van der Waals surface area contributed by atoms with Crippen molar-refractivity contribution in [3.63, 3.8) is 0 Å². The quantitative estimate of drug-likeness (QED) is 0.436. The number of esters is 1. The average molecular weight is 428 g/mol. The van der Waals surface area contributed by atoms with Crippen LogP contribution in [0.25, 0.3) is 11.8 Å². The summed E-state index contributed by atoms with van der Waals surface area (Å²) in [6, 6.07) is 14.6. The Bertz CT molecular complexity index is 1040. The van der Waals surface area contributed by atoms with E-state index in [1.165, 1.54) is 11.8 Å². The molecular formula is C24H23F3N2O2. The van der Waals surface area contributed by atoms with E-state index in [9.17, 15) is 18.0 Å². The van der Waals surface area contributed by atoms with Gasteiger partial charge in [0.15, 0.2) is 0 Å². The fraction of sp³-hybridized carbons (Fsp3) is 0.250. The number of rotatable bonds is 7. The Balaban J connectivity index is 1.53. The molecule has 3 rings (SSSR count). The predicted molar refractivity (Wildman–Crippen MR) is 113 cm³/mol. The zero-order chi connectivity index (χ0) is 22.4. The second kappa shape index (κ2) is 9.64. The monoisotopic (exact) mass is 428 g/mol. The molecular weight excluding hydrogens is 405 g/mol. The molecule has 0 fully saturated rings. The summed E-state index contributed by atoms with van der Waals surface area (Å²) < 4.78 is 44.1. The summed E-state index contributed by atoms with van der Waals surface area (Å²) in [4.78, 5) is 11.5. The lowest BCUT2D eigenvalue weighted by atomic mass is 9.97. The molecule has 0 aliphatic rings. The van der Waals surface area contributed by atoms with Gasteiger partial charge in [-0.3, -0.25) is 0 Å². The van der Waals surface area contributed by atoms with E-state index in [1.54, 1.807) is 24.3 Å². The van der Waals surface area contributed by atoms with Crippen molar-refractivity contribution in [2.75, 3.05) is 7.11 Å². The van der Waals surface area contributed by atoms with Crippen LogP contribution in [0.5, 0.6) is 0 Å². The van der Waals surface area contributed by atoms with Crippen LogP contribution in [0.4, 0.5) is 13.2 Å². The van der Waals surface area contributed by atoms with Crippen molar-refractivity contribution in [1.82, 2.24) is 9.78 Å². The van der Waals surface area contributed by atoms with Crippen LogP contribution < -0.4 is 0 Å². The number of nitrogens with zero attached hydrogens (tertiary/aromatic N) is 2. The van der Waals surface area contributed by atoms with Crippen molar-refractivity contribution in [2.24, 2.45) is 5.92 Å². The molecule has 0 radical (unpaired) electrons. The molecule has 1 aromatic heterocycles. The molecule has 0 bridgehead atoms. The van der Waals surface area contributed by atoms with E-state index in [1.807, 2.05) is 30.3 Å². The number of benzene rings is 2. The van der Waals surface area contributed by atoms with Crippen LogP contribution in [-0.2, 0) is 17.3 Å². The summed E-state index contributed by atoms with van der Waals surface area (Å²) in [5.41, 5.74) is 2.44. The Morgan fingerprint density at radius 1 is 1.13 bits per heavy atom. The zero-order valence-electron chi connectivity index (χ0n) is 17.3. The third-order valence-electron chi connectivity index (χ3n) is 4.88. The van der Waals surface area contributed by atoms with Crippen molar-refractivity contribution in [3.05, 3.63) is 89.3 Å². The highest BCUT2D eigenvalue weighted by molar-refractivity contribution is 5.89. The highest BCUT2D eigenvalue weighted by atomic mass is 19.4. The number of methoxy groups -OCH3 is 1. The number of halogens is 3. The Kier molecular flexibility index (Phi) is 6.95. The minimum Gasteiger partial charge on any atom is -0.465 e.